The molecule has 1 amide bonds. The molecule has 5 heteroatoms. The lowest BCUT2D eigenvalue weighted by atomic mass is 9.94. The number of nitrogens with one attached hydrogen (secondary N) is 1. The molecule has 0 bridgehead atoms. The van der Waals surface area contributed by atoms with E-state index in [1.807, 2.05) is 13.8 Å². The summed E-state index contributed by atoms with van der Waals surface area (Å²) in [6.07, 6.45) is 1.02. The average Bonchev–Trinajstić information content (AvgIpc) is 2.80. The minimum Gasteiger partial charge on any atom is -0.409 e. The van der Waals surface area contributed by atoms with Crippen LogP contribution in [0, 0.1) is 17.8 Å². The Morgan fingerprint density at radius 2 is 2.13 bits per heavy atom. The number of hydrogen-bond acceptors (Lipinski definition) is 3. The first-order chi connectivity index (χ1) is 6.97. The predicted octanol–water partition coefficient (Wildman–Crippen LogP) is 0.530. The van der Waals surface area contributed by atoms with E-state index in [1.165, 1.54) is 0 Å². The molecule has 86 valence electrons. The summed E-state index contributed by atoms with van der Waals surface area (Å²) >= 11 is 0. The highest BCUT2D eigenvalue weighted by Crippen LogP contribution is 2.29. The van der Waals surface area contributed by atoms with Crippen LogP contribution in [0.15, 0.2) is 5.16 Å². The highest BCUT2D eigenvalue weighted by Gasteiger charge is 2.37. The van der Waals surface area contributed by atoms with Crippen LogP contribution in [0.1, 0.15) is 27.2 Å². The van der Waals surface area contributed by atoms with E-state index in [0.29, 0.717) is 5.92 Å². The van der Waals surface area contributed by atoms with Gasteiger partial charge < -0.3 is 16.3 Å². The standard InChI is InChI=1S/C10H19N3O2/c1-5(2)8(9(11)13-15)10(14)12-7-4-6(7)3/h5-8,15H,4H2,1-3H3,(H2,11,13)(H,12,14). The van der Waals surface area contributed by atoms with E-state index in [9.17, 15) is 4.79 Å². The van der Waals surface area contributed by atoms with Crippen molar-refractivity contribution in [3.63, 3.8) is 0 Å². The molecule has 3 atom stereocenters. The van der Waals surface area contributed by atoms with Crippen LogP contribution < -0.4 is 11.1 Å². The zero-order valence-corrected chi connectivity index (χ0v) is 9.40. The molecular weight excluding hydrogens is 194 g/mol. The number of carbonyl (C=O) groups is 1. The number of nitrogens with two attached hydrogens (primary N) is 1. The average molecular weight is 213 g/mol. The van der Waals surface area contributed by atoms with E-state index in [2.05, 4.69) is 17.4 Å². The Hall–Kier alpha value is -1.26. The van der Waals surface area contributed by atoms with Crippen molar-refractivity contribution in [2.45, 2.75) is 33.2 Å². The molecule has 15 heavy (non-hydrogen) atoms. The number of hydrogen-bond donors (Lipinski definition) is 3. The maximum Gasteiger partial charge on any atom is 0.231 e. The fourth-order valence-electron chi connectivity index (χ4n) is 1.64. The van der Waals surface area contributed by atoms with Gasteiger partial charge in [0, 0.05) is 6.04 Å². The van der Waals surface area contributed by atoms with Crippen LogP contribution in [0.25, 0.3) is 0 Å². The van der Waals surface area contributed by atoms with Crippen LogP contribution in [0.2, 0.25) is 0 Å². The molecule has 0 radical (unpaired) electrons. The number of carbonyl (C=O) groups excluding carboxylic acids is 1. The summed E-state index contributed by atoms with van der Waals surface area (Å²) < 4.78 is 0. The van der Waals surface area contributed by atoms with E-state index in [4.69, 9.17) is 10.9 Å². The minimum absolute atomic E-state index is 0.0178. The lowest BCUT2D eigenvalue weighted by Gasteiger charge is -2.18. The lowest BCUT2D eigenvalue weighted by Crippen LogP contribution is -2.42. The second kappa shape index (κ2) is 4.51. The minimum atomic E-state index is -0.539. The van der Waals surface area contributed by atoms with Crippen LogP contribution in [0.3, 0.4) is 0 Å². The topological polar surface area (TPSA) is 87.7 Å². The molecule has 0 heterocycles. The summed E-state index contributed by atoms with van der Waals surface area (Å²) in [6, 6.07) is 0.269. The van der Waals surface area contributed by atoms with Gasteiger partial charge in [-0.2, -0.15) is 0 Å². The van der Waals surface area contributed by atoms with Gasteiger partial charge in [-0.15, -0.1) is 0 Å². The normalized spacial score (nSPS) is 27.6. The van der Waals surface area contributed by atoms with Gasteiger partial charge in [0.1, 0.15) is 5.92 Å². The zero-order valence-electron chi connectivity index (χ0n) is 9.40. The summed E-state index contributed by atoms with van der Waals surface area (Å²) in [7, 11) is 0. The summed E-state index contributed by atoms with van der Waals surface area (Å²) in [5.41, 5.74) is 5.49. The van der Waals surface area contributed by atoms with Gasteiger partial charge in [0.15, 0.2) is 5.84 Å². The lowest BCUT2D eigenvalue weighted by molar-refractivity contribution is -0.124. The van der Waals surface area contributed by atoms with Crippen molar-refractivity contribution in [1.29, 1.82) is 0 Å². The summed E-state index contributed by atoms with van der Waals surface area (Å²) in [5.74, 6) is -0.128. The third kappa shape index (κ3) is 2.84. The SMILES string of the molecule is CC(C)C(C(=O)NC1CC1C)C(N)=NO. The van der Waals surface area contributed by atoms with Crippen LogP contribution in [-0.4, -0.2) is 23.0 Å². The van der Waals surface area contributed by atoms with Gasteiger partial charge in [0.05, 0.1) is 0 Å². The van der Waals surface area contributed by atoms with Crippen molar-refractivity contribution in [3.8, 4) is 0 Å². The quantitative estimate of drug-likeness (QED) is 0.275. The van der Waals surface area contributed by atoms with E-state index >= 15 is 0 Å². The van der Waals surface area contributed by atoms with E-state index < -0.39 is 5.92 Å². The molecule has 3 unspecified atom stereocenters. The van der Waals surface area contributed by atoms with E-state index in [0.717, 1.165) is 6.42 Å². The molecule has 4 N–H and O–H groups in total. The second-order valence-corrected chi connectivity index (χ2v) is 4.57. The Morgan fingerprint density at radius 1 is 1.60 bits per heavy atom. The molecule has 1 rings (SSSR count). The first-order valence-electron chi connectivity index (χ1n) is 5.25. The van der Waals surface area contributed by atoms with Crippen molar-refractivity contribution >= 4 is 11.7 Å². The van der Waals surface area contributed by atoms with Crippen LogP contribution in [0.5, 0.6) is 0 Å². The number of oxime groups is 1. The fourth-order valence-corrected chi connectivity index (χ4v) is 1.64. The van der Waals surface area contributed by atoms with E-state index in [1.54, 1.807) is 0 Å². The Kier molecular flexibility index (Phi) is 3.55. The van der Waals surface area contributed by atoms with Crippen molar-refractivity contribution in [2.75, 3.05) is 0 Å². The monoisotopic (exact) mass is 213 g/mol. The molecule has 0 aromatic heterocycles. The Labute approximate surface area is 89.7 Å². The van der Waals surface area contributed by atoms with Gasteiger partial charge in [-0.05, 0) is 18.3 Å². The molecule has 0 saturated heterocycles. The molecule has 1 aliphatic rings. The molecule has 1 fully saturated rings. The van der Waals surface area contributed by atoms with Gasteiger partial charge in [0.2, 0.25) is 5.91 Å². The first kappa shape index (κ1) is 11.8. The Morgan fingerprint density at radius 3 is 2.47 bits per heavy atom. The number of rotatable bonds is 4. The van der Waals surface area contributed by atoms with Crippen molar-refractivity contribution in [2.24, 2.45) is 28.6 Å². The molecule has 0 aromatic carbocycles. The van der Waals surface area contributed by atoms with Gasteiger partial charge in [-0.3, -0.25) is 4.79 Å². The molecule has 1 saturated carbocycles. The molecular formula is C10H19N3O2. The molecule has 5 nitrogen and oxygen atoms in total. The summed E-state index contributed by atoms with van der Waals surface area (Å²) in [4.78, 5) is 11.8. The van der Waals surface area contributed by atoms with Crippen molar-refractivity contribution in [1.82, 2.24) is 5.32 Å². The molecule has 0 spiro atoms. The number of nitrogens with zero attached hydrogens (tertiary/aromatic N) is 1. The third-order valence-electron chi connectivity index (χ3n) is 2.82. The van der Waals surface area contributed by atoms with Crippen LogP contribution in [0.4, 0.5) is 0 Å². The highest BCUT2D eigenvalue weighted by molar-refractivity contribution is 6.02. The molecule has 0 aromatic rings. The highest BCUT2D eigenvalue weighted by atomic mass is 16.4. The van der Waals surface area contributed by atoms with Gasteiger partial charge >= 0.3 is 0 Å². The van der Waals surface area contributed by atoms with Crippen LogP contribution in [-0.2, 0) is 4.79 Å². The first-order valence-corrected chi connectivity index (χ1v) is 5.25. The predicted molar refractivity (Wildman–Crippen MR) is 57.4 cm³/mol. The largest absolute Gasteiger partial charge is 0.409 e. The second-order valence-electron chi connectivity index (χ2n) is 4.57. The number of amides is 1. The molecule has 0 aliphatic heterocycles. The fraction of sp³-hybridized carbons (Fsp3) is 0.800. The zero-order chi connectivity index (χ0) is 11.6. The molecule has 1 aliphatic carbocycles. The summed E-state index contributed by atoms with van der Waals surface area (Å²) in [5, 5.41) is 14.4. The smallest absolute Gasteiger partial charge is 0.231 e. The van der Waals surface area contributed by atoms with Gasteiger partial charge in [-0.1, -0.05) is 25.9 Å². The number of amidine groups is 1. The maximum atomic E-state index is 11.8. The van der Waals surface area contributed by atoms with Gasteiger partial charge in [-0.25, -0.2) is 0 Å². The van der Waals surface area contributed by atoms with Crippen molar-refractivity contribution in [3.05, 3.63) is 0 Å². The van der Waals surface area contributed by atoms with E-state index in [-0.39, 0.29) is 23.7 Å². The van der Waals surface area contributed by atoms with Gasteiger partial charge in [0.25, 0.3) is 0 Å². The summed E-state index contributed by atoms with van der Waals surface area (Å²) in [6.45, 7) is 5.83. The van der Waals surface area contributed by atoms with Crippen molar-refractivity contribution < 1.29 is 10.0 Å². The van der Waals surface area contributed by atoms with Crippen LogP contribution >= 0.6 is 0 Å². The Bertz CT molecular complexity index is 276. The third-order valence-corrected chi connectivity index (χ3v) is 2.82. The maximum absolute atomic E-state index is 11.8. The Balaban J connectivity index is 2.59.